The van der Waals surface area contributed by atoms with Crippen molar-refractivity contribution in [2.45, 2.75) is 31.2 Å². The molecule has 5 heteroatoms. The van der Waals surface area contributed by atoms with E-state index in [1.807, 2.05) is 0 Å². The van der Waals surface area contributed by atoms with E-state index in [2.05, 4.69) is 0 Å². The third-order valence-electron chi connectivity index (χ3n) is 2.16. The second-order valence-electron chi connectivity index (χ2n) is 3.11. The van der Waals surface area contributed by atoms with Crippen LogP contribution in [0.1, 0.15) is 19.8 Å². The van der Waals surface area contributed by atoms with Gasteiger partial charge in [0.05, 0.1) is 5.38 Å². The number of hydrogen-bond donors (Lipinski definition) is 1. The molecular formula is C8H12ClNO3. The molecule has 1 amide bonds. The lowest BCUT2D eigenvalue weighted by Crippen LogP contribution is -2.41. The second kappa shape index (κ2) is 3.96. The highest BCUT2D eigenvalue weighted by molar-refractivity contribution is 6.22. The zero-order valence-corrected chi connectivity index (χ0v) is 8.12. The number of carboxylic acids is 1. The normalized spacial score (nSPS) is 24.9. The van der Waals surface area contributed by atoms with E-state index in [0.717, 1.165) is 0 Å². The Kier molecular flexibility index (Phi) is 3.14. The molecule has 1 heterocycles. The van der Waals surface area contributed by atoms with Crippen LogP contribution in [0.4, 0.5) is 0 Å². The topological polar surface area (TPSA) is 57.6 Å². The molecule has 0 radical (unpaired) electrons. The number of amides is 1. The van der Waals surface area contributed by atoms with Gasteiger partial charge in [0.2, 0.25) is 5.91 Å². The molecule has 4 nitrogen and oxygen atoms in total. The van der Waals surface area contributed by atoms with Crippen molar-refractivity contribution in [3.8, 4) is 0 Å². The molecule has 0 bridgehead atoms. The maximum atomic E-state index is 11.3. The molecule has 0 aromatic heterocycles. The van der Waals surface area contributed by atoms with Crippen LogP contribution >= 0.6 is 11.6 Å². The Morgan fingerprint density at radius 2 is 2.46 bits per heavy atom. The zero-order chi connectivity index (χ0) is 10.0. The van der Waals surface area contributed by atoms with Gasteiger partial charge in [-0.3, -0.25) is 4.79 Å². The molecule has 0 aromatic rings. The molecule has 2 atom stereocenters. The van der Waals surface area contributed by atoms with Crippen LogP contribution in [0.15, 0.2) is 0 Å². The van der Waals surface area contributed by atoms with Crippen LogP contribution < -0.4 is 0 Å². The van der Waals surface area contributed by atoms with Gasteiger partial charge in [-0.05, 0) is 6.42 Å². The van der Waals surface area contributed by atoms with Crippen LogP contribution in [-0.4, -0.2) is 39.8 Å². The number of carboxylic acid groups (broad SMARTS) is 1. The first kappa shape index (κ1) is 10.3. The zero-order valence-electron chi connectivity index (χ0n) is 7.36. The Hall–Kier alpha value is -0.770. The maximum absolute atomic E-state index is 11.3. The standard InChI is InChI=1S/C8H12ClNO3/c1-2-6(8(12)13)10-4-5(9)3-7(10)11/h5-6H,2-4H2,1H3,(H,12,13)/t5?,6-/m0/s1. The third kappa shape index (κ3) is 2.12. The molecule has 0 aromatic carbocycles. The first-order valence-corrected chi connectivity index (χ1v) is 4.66. The quantitative estimate of drug-likeness (QED) is 0.690. The SMILES string of the molecule is CC[C@@H](C(=O)O)N1CC(Cl)CC1=O. The summed E-state index contributed by atoms with van der Waals surface area (Å²) in [4.78, 5) is 23.3. The summed E-state index contributed by atoms with van der Waals surface area (Å²) in [6.45, 7) is 2.10. The number of hydrogen-bond acceptors (Lipinski definition) is 2. The van der Waals surface area contributed by atoms with Gasteiger partial charge in [-0.1, -0.05) is 6.92 Å². The van der Waals surface area contributed by atoms with Crippen LogP contribution in [0.25, 0.3) is 0 Å². The molecule has 0 spiro atoms. The first-order valence-electron chi connectivity index (χ1n) is 4.22. The van der Waals surface area contributed by atoms with Crippen molar-refractivity contribution in [2.24, 2.45) is 0 Å². The Balaban J connectivity index is 2.69. The number of likely N-dealkylation sites (tertiary alicyclic amines) is 1. The van der Waals surface area contributed by atoms with Gasteiger partial charge in [0, 0.05) is 13.0 Å². The number of alkyl halides is 1. The van der Waals surface area contributed by atoms with Crippen molar-refractivity contribution in [1.29, 1.82) is 0 Å². The summed E-state index contributed by atoms with van der Waals surface area (Å²) in [6.07, 6.45) is 0.677. The van der Waals surface area contributed by atoms with Gasteiger partial charge in [0.15, 0.2) is 0 Å². The summed E-state index contributed by atoms with van der Waals surface area (Å²) < 4.78 is 0. The molecule has 1 aliphatic heterocycles. The lowest BCUT2D eigenvalue weighted by atomic mass is 10.2. The number of rotatable bonds is 3. The van der Waals surface area contributed by atoms with E-state index in [9.17, 15) is 9.59 Å². The molecule has 1 N–H and O–H groups in total. The third-order valence-corrected chi connectivity index (χ3v) is 2.45. The molecule has 0 saturated carbocycles. The Labute approximate surface area is 81.5 Å². The van der Waals surface area contributed by atoms with Crippen molar-refractivity contribution < 1.29 is 14.7 Å². The van der Waals surface area contributed by atoms with E-state index in [0.29, 0.717) is 13.0 Å². The summed E-state index contributed by atoms with van der Waals surface area (Å²) in [5.74, 6) is -1.11. The highest BCUT2D eigenvalue weighted by atomic mass is 35.5. The van der Waals surface area contributed by atoms with E-state index in [1.165, 1.54) is 4.90 Å². The fraction of sp³-hybridized carbons (Fsp3) is 0.750. The number of aliphatic carboxylic acids is 1. The smallest absolute Gasteiger partial charge is 0.326 e. The summed E-state index contributed by atoms with van der Waals surface area (Å²) >= 11 is 5.75. The highest BCUT2D eigenvalue weighted by Crippen LogP contribution is 2.20. The van der Waals surface area contributed by atoms with Crippen LogP contribution in [0.2, 0.25) is 0 Å². The number of halogens is 1. The van der Waals surface area contributed by atoms with Gasteiger partial charge in [-0.25, -0.2) is 4.79 Å². The van der Waals surface area contributed by atoms with Crippen molar-refractivity contribution in [3.05, 3.63) is 0 Å². The van der Waals surface area contributed by atoms with Crippen LogP contribution in [0.3, 0.4) is 0 Å². The Morgan fingerprint density at radius 1 is 1.85 bits per heavy atom. The average Bonchev–Trinajstić information content (AvgIpc) is 2.31. The molecule has 1 unspecified atom stereocenters. The first-order chi connectivity index (χ1) is 6.06. The number of carbonyl (C=O) groups is 2. The predicted molar refractivity (Wildman–Crippen MR) is 47.7 cm³/mol. The summed E-state index contributed by atoms with van der Waals surface area (Å²) in [5.41, 5.74) is 0. The average molecular weight is 206 g/mol. The van der Waals surface area contributed by atoms with E-state index in [4.69, 9.17) is 16.7 Å². The lowest BCUT2D eigenvalue weighted by molar-refractivity contribution is -0.148. The Morgan fingerprint density at radius 3 is 2.77 bits per heavy atom. The second-order valence-corrected chi connectivity index (χ2v) is 3.73. The molecule has 0 aliphatic carbocycles. The lowest BCUT2D eigenvalue weighted by Gasteiger charge is -2.22. The van der Waals surface area contributed by atoms with Gasteiger partial charge < -0.3 is 10.0 Å². The fourth-order valence-electron chi connectivity index (χ4n) is 1.52. The summed E-state index contributed by atoms with van der Waals surface area (Å²) in [6, 6.07) is -0.712. The van der Waals surface area contributed by atoms with Crippen LogP contribution in [-0.2, 0) is 9.59 Å². The minimum atomic E-state index is -0.957. The monoisotopic (exact) mass is 205 g/mol. The van der Waals surface area contributed by atoms with Gasteiger partial charge in [-0.2, -0.15) is 0 Å². The summed E-state index contributed by atoms with van der Waals surface area (Å²) in [5, 5.41) is 8.57. The molecule has 1 aliphatic rings. The minimum absolute atomic E-state index is 0.158. The maximum Gasteiger partial charge on any atom is 0.326 e. The van der Waals surface area contributed by atoms with Crippen molar-refractivity contribution in [2.75, 3.05) is 6.54 Å². The van der Waals surface area contributed by atoms with Gasteiger partial charge >= 0.3 is 5.97 Å². The molecule has 1 fully saturated rings. The summed E-state index contributed by atoms with van der Waals surface area (Å²) in [7, 11) is 0. The number of carbonyl (C=O) groups excluding carboxylic acids is 1. The van der Waals surface area contributed by atoms with Crippen molar-refractivity contribution >= 4 is 23.5 Å². The van der Waals surface area contributed by atoms with Crippen molar-refractivity contribution in [1.82, 2.24) is 4.90 Å². The molecule has 74 valence electrons. The van der Waals surface area contributed by atoms with E-state index >= 15 is 0 Å². The van der Waals surface area contributed by atoms with E-state index < -0.39 is 12.0 Å². The van der Waals surface area contributed by atoms with Gasteiger partial charge in [-0.15, -0.1) is 11.6 Å². The molecule has 1 saturated heterocycles. The molecule has 1 rings (SSSR count). The molecular weight excluding hydrogens is 194 g/mol. The molecule has 13 heavy (non-hydrogen) atoms. The van der Waals surface area contributed by atoms with Gasteiger partial charge in [0.25, 0.3) is 0 Å². The van der Waals surface area contributed by atoms with Crippen LogP contribution in [0.5, 0.6) is 0 Å². The van der Waals surface area contributed by atoms with E-state index in [-0.39, 0.29) is 17.7 Å². The largest absolute Gasteiger partial charge is 0.480 e. The highest BCUT2D eigenvalue weighted by Gasteiger charge is 2.35. The predicted octanol–water partition coefficient (Wildman–Crippen LogP) is 0.689. The van der Waals surface area contributed by atoms with E-state index in [1.54, 1.807) is 6.92 Å². The Bertz CT molecular complexity index is 231. The minimum Gasteiger partial charge on any atom is -0.480 e. The van der Waals surface area contributed by atoms with Crippen LogP contribution in [0, 0.1) is 0 Å². The fourth-order valence-corrected chi connectivity index (χ4v) is 1.80. The number of nitrogens with zero attached hydrogens (tertiary/aromatic N) is 1. The van der Waals surface area contributed by atoms with Gasteiger partial charge in [0.1, 0.15) is 6.04 Å². The van der Waals surface area contributed by atoms with Crippen molar-refractivity contribution in [3.63, 3.8) is 0 Å².